The van der Waals surface area contributed by atoms with Crippen LogP contribution in [0.25, 0.3) is 0 Å². The molecule has 0 bridgehead atoms. The summed E-state index contributed by atoms with van der Waals surface area (Å²) in [5.74, 6) is 7.37. The third kappa shape index (κ3) is 3.95. The van der Waals surface area contributed by atoms with Gasteiger partial charge in [-0.1, -0.05) is 19.3 Å². The number of hydrazine groups is 1. The summed E-state index contributed by atoms with van der Waals surface area (Å²) in [4.78, 5) is 10.4. The molecular weight excluding hydrogens is 144 g/mol. The standard InChI is InChI=1S/C7H12O2.H4N2/c8-7(9)6-4-2-1-3-5-6;1-2/h6H,1-5H2,(H,8,9);1-2H2. The molecule has 4 nitrogen and oxygen atoms in total. The number of carboxylic acids is 1. The molecular formula is C7H16N2O2. The summed E-state index contributed by atoms with van der Waals surface area (Å²) in [6.45, 7) is 0. The van der Waals surface area contributed by atoms with Crippen molar-refractivity contribution in [3.63, 3.8) is 0 Å². The van der Waals surface area contributed by atoms with Crippen molar-refractivity contribution in [3.05, 3.63) is 0 Å². The summed E-state index contributed by atoms with van der Waals surface area (Å²) in [7, 11) is 0. The van der Waals surface area contributed by atoms with E-state index in [0.29, 0.717) is 0 Å². The maximum atomic E-state index is 10.4. The van der Waals surface area contributed by atoms with Crippen molar-refractivity contribution in [1.29, 1.82) is 0 Å². The summed E-state index contributed by atoms with van der Waals surface area (Å²) >= 11 is 0. The van der Waals surface area contributed by atoms with E-state index in [4.69, 9.17) is 5.11 Å². The van der Waals surface area contributed by atoms with Gasteiger partial charge in [0, 0.05) is 0 Å². The fourth-order valence-corrected chi connectivity index (χ4v) is 1.35. The molecule has 5 N–H and O–H groups in total. The average Bonchev–Trinajstić information content (AvgIpc) is 2.10. The highest BCUT2D eigenvalue weighted by Crippen LogP contribution is 2.23. The van der Waals surface area contributed by atoms with Crippen LogP contribution in [-0.2, 0) is 4.79 Å². The van der Waals surface area contributed by atoms with Gasteiger partial charge >= 0.3 is 5.97 Å². The molecule has 1 aliphatic rings. The smallest absolute Gasteiger partial charge is 0.306 e. The van der Waals surface area contributed by atoms with Gasteiger partial charge in [-0.25, -0.2) is 0 Å². The highest BCUT2D eigenvalue weighted by molar-refractivity contribution is 5.69. The topological polar surface area (TPSA) is 89.3 Å². The minimum absolute atomic E-state index is 0.0289. The van der Waals surface area contributed by atoms with Crippen LogP contribution in [0.5, 0.6) is 0 Å². The lowest BCUT2D eigenvalue weighted by Crippen LogP contribution is -2.16. The molecule has 0 saturated heterocycles. The lowest BCUT2D eigenvalue weighted by molar-refractivity contribution is -0.142. The van der Waals surface area contributed by atoms with E-state index in [1.54, 1.807) is 0 Å². The van der Waals surface area contributed by atoms with Gasteiger partial charge in [-0.15, -0.1) is 0 Å². The molecule has 0 aromatic carbocycles. The summed E-state index contributed by atoms with van der Waals surface area (Å²) in [6, 6.07) is 0. The van der Waals surface area contributed by atoms with E-state index in [2.05, 4.69) is 11.7 Å². The van der Waals surface area contributed by atoms with Gasteiger partial charge in [0.25, 0.3) is 0 Å². The molecule has 1 saturated carbocycles. The molecule has 0 spiro atoms. The van der Waals surface area contributed by atoms with Gasteiger partial charge in [0.1, 0.15) is 0 Å². The van der Waals surface area contributed by atoms with E-state index in [1.165, 1.54) is 6.42 Å². The first-order valence-electron chi connectivity index (χ1n) is 3.87. The molecule has 0 aliphatic heterocycles. The van der Waals surface area contributed by atoms with Crippen LogP contribution in [0.2, 0.25) is 0 Å². The van der Waals surface area contributed by atoms with Crippen molar-refractivity contribution in [2.24, 2.45) is 17.6 Å². The van der Waals surface area contributed by atoms with Crippen LogP contribution in [0.15, 0.2) is 0 Å². The molecule has 0 radical (unpaired) electrons. The van der Waals surface area contributed by atoms with Crippen molar-refractivity contribution in [2.45, 2.75) is 32.1 Å². The molecule has 0 aromatic rings. The van der Waals surface area contributed by atoms with Crippen molar-refractivity contribution in [2.75, 3.05) is 0 Å². The van der Waals surface area contributed by atoms with Gasteiger partial charge in [-0.2, -0.15) is 0 Å². The third-order valence-electron chi connectivity index (χ3n) is 1.95. The van der Waals surface area contributed by atoms with Crippen LogP contribution in [0.3, 0.4) is 0 Å². The summed E-state index contributed by atoms with van der Waals surface area (Å²) in [5, 5.41) is 8.54. The van der Waals surface area contributed by atoms with E-state index in [1.807, 2.05) is 0 Å². The van der Waals surface area contributed by atoms with E-state index >= 15 is 0 Å². The molecule has 1 rings (SSSR count). The van der Waals surface area contributed by atoms with Crippen molar-refractivity contribution in [1.82, 2.24) is 0 Å². The Morgan fingerprint density at radius 3 is 1.91 bits per heavy atom. The molecule has 0 heterocycles. The molecule has 66 valence electrons. The van der Waals surface area contributed by atoms with Gasteiger partial charge in [-0.05, 0) is 12.8 Å². The predicted octanol–water partition coefficient (Wildman–Crippen LogP) is 0.470. The second kappa shape index (κ2) is 6.12. The van der Waals surface area contributed by atoms with Gasteiger partial charge in [0.05, 0.1) is 5.92 Å². The summed E-state index contributed by atoms with van der Waals surface area (Å²) in [6.07, 6.45) is 5.24. The van der Waals surface area contributed by atoms with E-state index in [9.17, 15) is 4.79 Å². The lowest BCUT2D eigenvalue weighted by Gasteiger charge is -2.16. The largest absolute Gasteiger partial charge is 0.481 e. The van der Waals surface area contributed by atoms with Gasteiger partial charge in [0.15, 0.2) is 0 Å². The maximum absolute atomic E-state index is 10.4. The minimum Gasteiger partial charge on any atom is -0.481 e. The van der Waals surface area contributed by atoms with Crippen LogP contribution in [0, 0.1) is 5.92 Å². The molecule has 0 atom stereocenters. The van der Waals surface area contributed by atoms with Crippen LogP contribution >= 0.6 is 0 Å². The molecule has 0 unspecified atom stereocenters. The molecule has 11 heavy (non-hydrogen) atoms. The maximum Gasteiger partial charge on any atom is 0.306 e. The number of aliphatic carboxylic acids is 1. The Morgan fingerprint density at radius 1 is 1.18 bits per heavy atom. The minimum atomic E-state index is -0.602. The van der Waals surface area contributed by atoms with Crippen molar-refractivity contribution < 1.29 is 9.90 Å². The van der Waals surface area contributed by atoms with E-state index < -0.39 is 5.97 Å². The Bertz CT molecular complexity index is 111. The first-order chi connectivity index (χ1) is 5.30. The van der Waals surface area contributed by atoms with Gasteiger partial charge in [0.2, 0.25) is 0 Å². The number of carbonyl (C=O) groups is 1. The van der Waals surface area contributed by atoms with Crippen LogP contribution < -0.4 is 11.7 Å². The van der Waals surface area contributed by atoms with Crippen LogP contribution in [0.1, 0.15) is 32.1 Å². The van der Waals surface area contributed by atoms with Crippen molar-refractivity contribution in [3.8, 4) is 0 Å². The SMILES string of the molecule is NN.O=C(O)C1CCCCC1. The van der Waals surface area contributed by atoms with Crippen LogP contribution in [-0.4, -0.2) is 11.1 Å². The van der Waals surface area contributed by atoms with Crippen molar-refractivity contribution >= 4 is 5.97 Å². The van der Waals surface area contributed by atoms with Crippen LogP contribution in [0.4, 0.5) is 0 Å². The fourth-order valence-electron chi connectivity index (χ4n) is 1.35. The number of nitrogens with two attached hydrogens (primary N) is 2. The lowest BCUT2D eigenvalue weighted by atomic mass is 9.90. The average molecular weight is 160 g/mol. The second-order valence-corrected chi connectivity index (χ2v) is 2.67. The van der Waals surface area contributed by atoms with Gasteiger partial charge < -0.3 is 5.11 Å². The first kappa shape index (κ1) is 10.4. The highest BCUT2D eigenvalue weighted by atomic mass is 16.4. The zero-order valence-corrected chi connectivity index (χ0v) is 6.62. The molecule has 0 aromatic heterocycles. The van der Waals surface area contributed by atoms with E-state index in [-0.39, 0.29) is 5.92 Å². The summed E-state index contributed by atoms with van der Waals surface area (Å²) < 4.78 is 0. The Hall–Kier alpha value is -0.610. The quantitative estimate of drug-likeness (QED) is 0.384. The molecule has 4 heteroatoms. The number of hydrogen-bond acceptors (Lipinski definition) is 3. The number of rotatable bonds is 1. The first-order valence-corrected chi connectivity index (χ1v) is 3.87. The zero-order valence-electron chi connectivity index (χ0n) is 6.62. The molecule has 0 amide bonds. The van der Waals surface area contributed by atoms with Gasteiger partial charge in [-0.3, -0.25) is 16.5 Å². The Kier molecular flexibility index (Phi) is 5.78. The predicted molar refractivity (Wildman–Crippen MR) is 42.6 cm³/mol. The highest BCUT2D eigenvalue weighted by Gasteiger charge is 2.19. The second-order valence-electron chi connectivity index (χ2n) is 2.67. The Balaban J connectivity index is 0.000000461. The van der Waals surface area contributed by atoms with E-state index in [0.717, 1.165) is 25.7 Å². The Labute approximate surface area is 66.5 Å². The zero-order chi connectivity index (χ0) is 8.69. The number of carboxylic acid groups (broad SMARTS) is 1. The monoisotopic (exact) mass is 160 g/mol. The fraction of sp³-hybridized carbons (Fsp3) is 0.857. The molecule has 1 fully saturated rings. The number of hydrogen-bond donors (Lipinski definition) is 3. The third-order valence-corrected chi connectivity index (χ3v) is 1.95. The normalized spacial score (nSPS) is 18.4. The molecule has 1 aliphatic carbocycles. The Morgan fingerprint density at radius 2 is 1.64 bits per heavy atom. The summed E-state index contributed by atoms with van der Waals surface area (Å²) in [5.41, 5.74) is 0.